The molecule has 2 N–H and O–H groups in total. The average Bonchev–Trinajstić information content (AvgIpc) is 2.59. The van der Waals surface area contributed by atoms with Gasteiger partial charge in [0.25, 0.3) is 5.91 Å². The monoisotopic (exact) mass is 368 g/mol. The van der Waals surface area contributed by atoms with Crippen LogP contribution in [0.1, 0.15) is 0 Å². The van der Waals surface area contributed by atoms with Gasteiger partial charge in [-0.25, -0.2) is 0 Å². The zero-order valence-electron chi connectivity index (χ0n) is 13.0. The van der Waals surface area contributed by atoms with Crippen molar-refractivity contribution in [3.05, 3.63) is 40.0 Å². The Hall–Kier alpha value is -1.78. The van der Waals surface area contributed by atoms with Gasteiger partial charge < -0.3 is 15.4 Å². The van der Waals surface area contributed by atoms with Gasteiger partial charge in [0, 0.05) is 37.4 Å². The van der Waals surface area contributed by atoms with Crippen molar-refractivity contribution >= 4 is 34.8 Å². The van der Waals surface area contributed by atoms with E-state index in [-0.39, 0.29) is 5.57 Å². The molecule has 6 nitrogen and oxygen atoms in total. The van der Waals surface area contributed by atoms with E-state index in [0.29, 0.717) is 35.5 Å². The third-order valence-corrected chi connectivity index (χ3v) is 4.05. The fraction of sp³-hybridized carbons (Fsp3) is 0.375. The van der Waals surface area contributed by atoms with Gasteiger partial charge in [-0.05, 0) is 18.2 Å². The minimum absolute atomic E-state index is 0.0342. The number of halogens is 2. The Morgan fingerprint density at radius 3 is 2.83 bits per heavy atom. The van der Waals surface area contributed by atoms with Crippen LogP contribution in [-0.2, 0) is 9.53 Å². The minimum Gasteiger partial charge on any atom is -0.379 e. The van der Waals surface area contributed by atoms with Gasteiger partial charge in [0.1, 0.15) is 11.6 Å². The summed E-state index contributed by atoms with van der Waals surface area (Å²) in [6, 6.07) is 6.78. The van der Waals surface area contributed by atoms with Crippen molar-refractivity contribution in [2.24, 2.45) is 0 Å². The first-order valence-corrected chi connectivity index (χ1v) is 8.26. The second-order valence-corrected chi connectivity index (χ2v) is 5.99. The first-order valence-electron chi connectivity index (χ1n) is 7.50. The molecule has 1 aliphatic rings. The summed E-state index contributed by atoms with van der Waals surface area (Å²) in [5.41, 5.74) is 0.492. The smallest absolute Gasteiger partial charge is 0.263 e. The number of rotatable bonds is 6. The average molecular weight is 369 g/mol. The van der Waals surface area contributed by atoms with E-state index in [0.717, 1.165) is 19.6 Å². The molecule has 0 atom stereocenters. The fourth-order valence-corrected chi connectivity index (χ4v) is 2.50. The molecule has 24 heavy (non-hydrogen) atoms. The van der Waals surface area contributed by atoms with Crippen LogP contribution in [0.2, 0.25) is 10.0 Å². The Kier molecular flexibility index (Phi) is 7.35. The van der Waals surface area contributed by atoms with Crippen LogP contribution in [0, 0.1) is 11.3 Å². The highest BCUT2D eigenvalue weighted by molar-refractivity contribution is 6.35. The molecule has 0 aliphatic carbocycles. The third-order valence-electron chi connectivity index (χ3n) is 3.48. The highest BCUT2D eigenvalue weighted by atomic mass is 35.5. The number of nitriles is 1. The second kappa shape index (κ2) is 9.50. The lowest BCUT2D eigenvalue weighted by Crippen LogP contribution is -2.41. The lowest BCUT2D eigenvalue weighted by molar-refractivity contribution is -0.117. The summed E-state index contributed by atoms with van der Waals surface area (Å²) in [6.45, 7) is 4.32. The molecular weight excluding hydrogens is 351 g/mol. The molecule has 0 bridgehead atoms. The largest absolute Gasteiger partial charge is 0.379 e. The third kappa shape index (κ3) is 5.69. The van der Waals surface area contributed by atoms with Gasteiger partial charge in [0.2, 0.25) is 0 Å². The van der Waals surface area contributed by atoms with E-state index in [1.54, 1.807) is 18.2 Å². The maximum Gasteiger partial charge on any atom is 0.263 e. The fourth-order valence-electron chi connectivity index (χ4n) is 2.15. The molecule has 0 spiro atoms. The quantitative estimate of drug-likeness (QED) is 0.594. The maximum absolute atomic E-state index is 12.0. The summed E-state index contributed by atoms with van der Waals surface area (Å²) in [4.78, 5) is 14.2. The predicted molar refractivity (Wildman–Crippen MR) is 94.0 cm³/mol. The van der Waals surface area contributed by atoms with Gasteiger partial charge in [-0.3, -0.25) is 9.69 Å². The van der Waals surface area contributed by atoms with Crippen molar-refractivity contribution < 1.29 is 9.53 Å². The van der Waals surface area contributed by atoms with E-state index in [2.05, 4.69) is 15.5 Å². The Bertz CT molecular complexity index is 652. The van der Waals surface area contributed by atoms with Crippen LogP contribution in [0.5, 0.6) is 0 Å². The summed E-state index contributed by atoms with van der Waals surface area (Å²) >= 11 is 11.9. The van der Waals surface area contributed by atoms with Gasteiger partial charge in [-0.1, -0.05) is 23.2 Å². The number of amides is 1. The number of carbonyl (C=O) groups excluding carboxylic acids is 1. The van der Waals surface area contributed by atoms with E-state index in [1.807, 2.05) is 6.07 Å². The van der Waals surface area contributed by atoms with Crippen molar-refractivity contribution in [2.45, 2.75) is 0 Å². The summed E-state index contributed by atoms with van der Waals surface area (Å²) in [7, 11) is 0. The summed E-state index contributed by atoms with van der Waals surface area (Å²) in [5, 5.41) is 15.7. The number of hydrogen-bond donors (Lipinski definition) is 2. The number of ether oxygens (including phenoxy) is 1. The minimum atomic E-state index is -0.434. The Labute approximate surface area is 151 Å². The molecule has 1 heterocycles. The first-order chi connectivity index (χ1) is 11.6. The number of morpholine rings is 1. The highest BCUT2D eigenvalue weighted by Crippen LogP contribution is 2.25. The van der Waals surface area contributed by atoms with Gasteiger partial charge in [0.15, 0.2) is 0 Å². The number of anilines is 1. The lowest BCUT2D eigenvalue weighted by atomic mass is 10.2. The molecule has 1 fully saturated rings. The molecule has 0 aromatic heterocycles. The second-order valence-electron chi connectivity index (χ2n) is 5.15. The van der Waals surface area contributed by atoms with Crippen LogP contribution >= 0.6 is 23.2 Å². The number of carbonyl (C=O) groups is 1. The predicted octanol–water partition coefficient (Wildman–Crippen LogP) is 2.26. The van der Waals surface area contributed by atoms with E-state index in [1.165, 1.54) is 6.20 Å². The number of nitrogens with one attached hydrogen (secondary N) is 2. The van der Waals surface area contributed by atoms with Crippen molar-refractivity contribution in [2.75, 3.05) is 44.7 Å². The molecule has 0 radical (unpaired) electrons. The highest BCUT2D eigenvalue weighted by Gasteiger charge is 2.12. The topological polar surface area (TPSA) is 77.4 Å². The molecule has 1 amide bonds. The molecule has 1 aromatic carbocycles. The van der Waals surface area contributed by atoms with Crippen LogP contribution in [0.15, 0.2) is 30.0 Å². The normalized spacial score (nSPS) is 15.6. The molecule has 128 valence electrons. The van der Waals surface area contributed by atoms with Crippen LogP contribution in [0.4, 0.5) is 5.69 Å². The Morgan fingerprint density at radius 2 is 2.12 bits per heavy atom. The first kappa shape index (κ1) is 18.6. The van der Waals surface area contributed by atoms with Crippen LogP contribution in [-0.4, -0.2) is 50.2 Å². The van der Waals surface area contributed by atoms with Crippen molar-refractivity contribution in [1.29, 1.82) is 5.26 Å². The maximum atomic E-state index is 12.0. The van der Waals surface area contributed by atoms with Crippen LogP contribution in [0.25, 0.3) is 0 Å². The number of nitrogens with zero attached hydrogens (tertiary/aromatic N) is 2. The zero-order valence-corrected chi connectivity index (χ0v) is 14.5. The Balaban J connectivity index is 1.86. The van der Waals surface area contributed by atoms with Crippen molar-refractivity contribution in [3.8, 4) is 6.07 Å². The Morgan fingerprint density at radius 1 is 1.38 bits per heavy atom. The molecular formula is C16H18Cl2N4O2. The summed E-state index contributed by atoms with van der Waals surface area (Å²) < 4.78 is 5.27. The summed E-state index contributed by atoms with van der Waals surface area (Å²) in [5.74, 6) is -0.434. The van der Waals surface area contributed by atoms with Crippen LogP contribution < -0.4 is 10.6 Å². The SMILES string of the molecule is N#C/C(=C/Nc1cc(Cl)ccc1Cl)C(=O)NCCN1CCOCC1. The molecule has 2 rings (SSSR count). The van der Waals surface area contributed by atoms with Crippen molar-refractivity contribution in [3.63, 3.8) is 0 Å². The molecule has 8 heteroatoms. The summed E-state index contributed by atoms with van der Waals surface area (Å²) in [6.07, 6.45) is 1.32. The molecule has 1 aromatic rings. The van der Waals surface area contributed by atoms with Gasteiger partial charge in [0.05, 0.1) is 23.9 Å². The molecule has 0 saturated carbocycles. The van der Waals surface area contributed by atoms with Crippen molar-refractivity contribution in [1.82, 2.24) is 10.2 Å². The van der Waals surface area contributed by atoms with Crippen LogP contribution in [0.3, 0.4) is 0 Å². The molecule has 1 aliphatic heterocycles. The van der Waals surface area contributed by atoms with Gasteiger partial charge in [-0.2, -0.15) is 5.26 Å². The van der Waals surface area contributed by atoms with E-state index < -0.39 is 5.91 Å². The van der Waals surface area contributed by atoms with Gasteiger partial charge in [-0.15, -0.1) is 0 Å². The number of benzene rings is 1. The van der Waals surface area contributed by atoms with E-state index in [4.69, 9.17) is 33.2 Å². The van der Waals surface area contributed by atoms with E-state index >= 15 is 0 Å². The standard InChI is InChI=1S/C16H18Cl2N4O2/c17-13-1-2-14(18)15(9-13)21-11-12(10-19)16(23)20-3-4-22-5-7-24-8-6-22/h1-2,9,11,21H,3-8H2,(H,20,23)/b12-11-. The number of hydrogen-bond acceptors (Lipinski definition) is 5. The zero-order chi connectivity index (χ0) is 17.4. The lowest BCUT2D eigenvalue weighted by Gasteiger charge is -2.26. The molecule has 1 saturated heterocycles. The van der Waals surface area contributed by atoms with E-state index in [9.17, 15) is 4.79 Å². The van der Waals surface area contributed by atoms with Gasteiger partial charge >= 0.3 is 0 Å². The molecule has 0 unspecified atom stereocenters.